The molecule has 3 atom stereocenters. The van der Waals surface area contributed by atoms with Gasteiger partial charge in [-0.25, -0.2) is 4.39 Å². The molecule has 21 heavy (non-hydrogen) atoms. The summed E-state index contributed by atoms with van der Waals surface area (Å²) in [5, 5.41) is 14.2. The average molecular weight is 290 g/mol. The van der Waals surface area contributed by atoms with Crippen LogP contribution in [-0.2, 0) is 0 Å². The van der Waals surface area contributed by atoms with Crippen LogP contribution >= 0.6 is 0 Å². The van der Waals surface area contributed by atoms with E-state index in [0.29, 0.717) is 17.5 Å². The highest BCUT2D eigenvalue weighted by Gasteiger charge is 2.58. The highest BCUT2D eigenvalue weighted by molar-refractivity contribution is 5.44. The summed E-state index contributed by atoms with van der Waals surface area (Å²) >= 11 is 0. The number of aromatic nitrogens is 1. The van der Waals surface area contributed by atoms with E-state index in [1.165, 1.54) is 25.5 Å². The van der Waals surface area contributed by atoms with Gasteiger partial charge in [0, 0.05) is 12.2 Å². The predicted molar refractivity (Wildman–Crippen MR) is 79.3 cm³/mol. The smallest absolute Gasteiger partial charge is 0.164 e. The maximum atomic E-state index is 13.8. The summed E-state index contributed by atoms with van der Waals surface area (Å²) in [5.74, 6) is 1.01. The van der Waals surface area contributed by atoms with Crippen molar-refractivity contribution in [1.82, 2.24) is 4.98 Å². The number of nitrogens with one attached hydrogen (secondary N) is 1. The van der Waals surface area contributed by atoms with Crippen molar-refractivity contribution in [3.05, 3.63) is 24.3 Å². The monoisotopic (exact) mass is 290 g/mol. The van der Waals surface area contributed by atoms with E-state index in [-0.39, 0.29) is 17.3 Å². The first-order valence-electron chi connectivity index (χ1n) is 8.07. The quantitative estimate of drug-likeness (QED) is 0.897. The Bertz CT molecular complexity index is 547. The van der Waals surface area contributed by atoms with Crippen molar-refractivity contribution in [1.29, 1.82) is 0 Å². The molecule has 4 saturated carbocycles. The molecule has 2 N–H and O–H groups in total. The van der Waals surface area contributed by atoms with E-state index in [4.69, 9.17) is 0 Å². The Morgan fingerprint density at radius 2 is 2.05 bits per heavy atom. The van der Waals surface area contributed by atoms with Crippen LogP contribution in [-0.4, -0.2) is 21.7 Å². The Morgan fingerprint density at radius 3 is 2.67 bits per heavy atom. The van der Waals surface area contributed by atoms with Crippen LogP contribution in [0.5, 0.6) is 0 Å². The van der Waals surface area contributed by atoms with Gasteiger partial charge >= 0.3 is 0 Å². The van der Waals surface area contributed by atoms with Crippen molar-refractivity contribution in [2.24, 2.45) is 17.3 Å². The van der Waals surface area contributed by atoms with E-state index in [9.17, 15) is 9.50 Å². The fourth-order valence-corrected chi connectivity index (χ4v) is 5.67. The van der Waals surface area contributed by atoms with Gasteiger partial charge in [-0.3, -0.25) is 4.98 Å². The topological polar surface area (TPSA) is 45.2 Å². The number of hydrogen-bond donors (Lipinski definition) is 2. The molecule has 3 nitrogen and oxygen atoms in total. The minimum Gasteiger partial charge on any atom is -0.390 e. The fourth-order valence-electron chi connectivity index (χ4n) is 5.67. The molecule has 4 bridgehead atoms. The minimum absolute atomic E-state index is 0.120. The molecule has 0 amide bonds. The molecule has 0 saturated heterocycles. The zero-order chi connectivity index (χ0) is 14.7. The van der Waals surface area contributed by atoms with Crippen molar-refractivity contribution < 1.29 is 9.50 Å². The van der Waals surface area contributed by atoms with Gasteiger partial charge in [-0.1, -0.05) is 0 Å². The van der Waals surface area contributed by atoms with Gasteiger partial charge in [0.05, 0.1) is 17.5 Å². The highest BCUT2D eigenvalue weighted by atomic mass is 19.1. The lowest BCUT2D eigenvalue weighted by Gasteiger charge is -2.62. The fraction of sp³-hybridized carbons (Fsp3) is 0.706. The van der Waals surface area contributed by atoms with Gasteiger partial charge in [0.2, 0.25) is 0 Å². The van der Waals surface area contributed by atoms with Crippen molar-refractivity contribution >= 4 is 5.69 Å². The Labute approximate surface area is 125 Å². The second-order valence-electron chi connectivity index (χ2n) is 7.77. The molecular formula is C17H23FN2O. The zero-order valence-corrected chi connectivity index (χ0v) is 12.5. The SMILES string of the molecule is CC(Nc1ccncc1F)C12CC3CC(CC(O)(C3)C1)C2. The third-order valence-electron chi connectivity index (χ3n) is 6.14. The summed E-state index contributed by atoms with van der Waals surface area (Å²) in [7, 11) is 0. The Balaban J connectivity index is 1.59. The standard InChI is InChI=1S/C17H23FN2O/c1-11(20-15-2-3-19-9-14(15)18)16-5-12-4-13(6-16)8-17(21,7-12)10-16/h2-3,9,11-13,21H,4-8,10H2,1H3,(H,19,20). The number of hydrogen-bond acceptors (Lipinski definition) is 3. The first kappa shape index (κ1) is 13.5. The lowest BCUT2D eigenvalue weighted by Crippen LogP contribution is -2.60. The number of rotatable bonds is 3. The van der Waals surface area contributed by atoms with Gasteiger partial charge in [0.25, 0.3) is 0 Å². The predicted octanol–water partition coefficient (Wildman–Crippen LogP) is 3.35. The highest BCUT2D eigenvalue weighted by Crippen LogP contribution is 2.63. The van der Waals surface area contributed by atoms with Crippen LogP contribution in [0.25, 0.3) is 0 Å². The van der Waals surface area contributed by atoms with Crippen molar-refractivity contribution in [2.75, 3.05) is 5.32 Å². The molecule has 4 heteroatoms. The molecule has 114 valence electrons. The summed E-state index contributed by atoms with van der Waals surface area (Å²) < 4.78 is 13.8. The van der Waals surface area contributed by atoms with Crippen molar-refractivity contribution in [3.8, 4) is 0 Å². The third kappa shape index (κ3) is 2.15. The summed E-state index contributed by atoms with van der Waals surface area (Å²) in [6.07, 6.45) is 9.31. The van der Waals surface area contributed by atoms with Gasteiger partial charge in [0.1, 0.15) is 0 Å². The summed E-state index contributed by atoms with van der Waals surface area (Å²) in [6.45, 7) is 2.15. The number of nitrogens with zero attached hydrogens (tertiary/aromatic N) is 1. The molecule has 0 radical (unpaired) electrons. The molecule has 1 heterocycles. The Kier molecular flexibility index (Phi) is 2.84. The molecule has 1 aromatic rings. The second kappa shape index (κ2) is 4.42. The normalized spacial score (nSPS) is 42.0. The Hall–Kier alpha value is -1.16. The lowest BCUT2D eigenvalue weighted by atomic mass is 9.46. The van der Waals surface area contributed by atoms with E-state index in [2.05, 4.69) is 17.2 Å². The first-order chi connectivity index (χ1) is 9.98. The van der Waals surface area contributed by atoms with E-state index >= 15 is 0 Å². The van der Waals surface area contributed by atoms with Gasteiger partial charge < -0.3 is 10.4 Å². The van der Waals surface area contributed by atoms with Gasteiger partial charge in [-0.15, -0.1) is 0 Å². The van der Waals surface area contributed by atoms with Crippen LogP contribution in [0.2, 0.25) is 0 Å². The number of halogens is 1. The molecule has 0 spiro atoms. The van der Waals surface area contributed by atoms with Gasteiger partial charge in [-0.2, -0.15) is 0 Å². The zero-order valence-electron chi connectivity index (χ0n) is 12.5. The molecule has 0 aliphatic heterocycles. The van der Waals surface area contributed by atoms with E-state index in [0.717, 1.165) is 19.3 Å². The average Bonchev–Trinajstić information content (AvgIpc) is 2.38. The number of aliphatic hydroxyl groups is 1. The van der Waals surface area contributed by atoms with E-state index in [1.807, 2.05) is 0 Å². The van der Waals surface area contributed by atoms with Crippen LogP contribution < -0.4 is 5.32 Å². The van der Waals surface area contributed by atoms with E-state index < -0.39 is 5.60 Å². The van der Waals surface area contributed by atoms with Crippen LogP contribution in [0.1, 0.15) is 45.4 Å². The molecule has 3 unspecified atom stereocenters. The van der Waals surface area contributed by atoms with E-state index in [1.54, 1.807) is 12.3 Å². The van der Waals surface area contributed by atoms with Crippen LogP contribution in [0, 0.1) is 23.1 Å². The molecule has 0 aromatic carbocycles. The molecule has 4 aliphatic carbocycles. The second-order valence-corrected chi connectivity index (χ2v) is 7.77. The van der Waals surface area contributed by atoms with Crippen LogP contribution in [0.3, 0.4) is 0 Å². The van der Waals surface area contributed by atoms with Gasteiger partial charge in [-0.05, 0) is 68.8 Å². The van der Waals surface area contributed by atoms with Crippen molar-refractivity contribution in [3.63, 3.8) is 0 Å². The molecule has 5 rings (SSSR count). The summed E-state index contributed by atoms with van der Waals surface area (Å²) in [4.78, 5) is 3.80. The first-order valence-corrected chi connectivity index (χ1v) is 8.07. The Morgan fingerprint density at radius 1 is 1.33 bits per heavy atom. The molecule has 4 aliphatic rings. The van der Waals surface area contributed by atoms with Crippen LogP contribution in [0.4, 0.5) is 10.1 Å². The molecule has 1 aromatic heterocycles. The molecular weight excluding hydrogens is 267 g/mol. The van der Waals surface area contributed by atoms with Crippen molar-refractivity contribution in [2.45, 2.75) is 57.1 Å². The van der Waals surface area contributed by atoms with Crippen LogP contribution in [0.15, 0.2) is 18.5 Å². The maximum Gasteiger partial charge on any atom is 0.164 e. The lowest BCUT2D eigenvalue weighted by molar-refractivity contribution is -0.167. The molecule has 4 fully saturated rings. The summed E-state index contributed by atoms with van der Waals surface area (Å²) in [6, 6.07) is 1.87. The number of pyridine rings is 1. The number of anilines is 1. The largest absolute Gasteiger partial charge is 0.390 e. The summed E-state index contributed by atoms with van der Waals surface area (Å²) in [5.41, 5.74) is 0.186. The minimum atomic E-state index is -0.461. The maximum absolute atomic E-state index is 13.8. The van der Waals surface area contributed by atoms with Gasteiger partial charge in [0.15, 0.2) is 5.82 Å². The third-order valence-corrected chi connectivity index (χ3v) is 6.14.